The number of aliphatic hydroxyl groups is 1. The Balaban J connectivity index is 0. The summed E-state index contributed by atoms with van der Waals surface area (Å²) in [5.41, 5.74) is 0. The van der Waals surface area contributed by atoms with Gasteiger partial charge < -0.3 is 19.7 Å². The Morgan fingerprint density at radius 2 is 1.69 bits per heavy atom. The molecule has 0 aliphatic heterocycles. The first-order valence-corrected chi connectivity index (χ1v) is 9.21. The molecule has 1 atom stereocenters. The first-order chi connectivity index (χ1) is 12.3. The van der Waals surface area contributed by atoms with Crippen molar-refractivity contribution in [3.8, 4) is 0 Å². The lowest BCUT2D eigenvalue weighted by Gasteiger charge is -2.05. The molecule has 0 saturated heterocycles. The van der Waals surface area contributed by atoms with Gasteiger partial charge in [0, 0.05) is 6.61 Å². The zero-order chi connectivity index (χ0) is 20.2. The zero-order valence-electron chi connectivity index (χ0n) is 16.3. The third kappa shape index (κ3) is 22.3. The van der Waals surface area contributed by atoms with Crippen LogP contribution in [0.3, 0.4) is 0 Å². The van der Waals surface area contributed by atoms with Crippen LogP contribution in [0.1, 0.15) is 58.8 Å². The van der Waals surface area contributed by atoms with Crippen LogP contribution in [0, 0.1) is 5.92 Å². The normalized spacial score (nSPS) is 11.2. The van der Waals surface area contributed by atoms with Crippen molar-refractivity contribution < 1.29 is 29.3 Å². The molecule has 0 amide bonds. The second-order valence-corrected chi connectivity index (χ2v) is 6.34. The molecule has 0 radical (unpaired) electrons. The van der Waals surface area contributed by atoms with Crippen LogP contribution in [0.25, 0.3) is 0 Å². The maximum absolute atomic E-state index is 10.9. The van der Waals surface area contributed by atoms with E-state index >= 15 is 0 Å². The van der Waals surface area contributed by atoms with Crippen molar-refractivity contribution in [1.29, 1.82) is 0 Å². The van der Waals surface area contributed by atoms with Crippen LogP contribution in [0.15, 0.2) is 25.3 Å². The van der Waals surface area contributed by atoms with Gasteiger partial charge in [-0.3, -0.25) is 0 Å². The Labute approximate surface area is 157 Å². The van der Waals surface area contributed by atoms with Gasteiger partial charge in [0.2, 0.25) is 0 Å². The number of esters is 1. The van der Waals surface area contributed by atoms with E-state index in [0.29, 0.717) is 18.9 Å². The molecule has 6 nitrogen and oxygen atoms in total. The molecule has 152 valence electrons. The van der Waals surface area contributed by atoms with E-state index < -0.39 is 12.1 Å². The van der Waals surface area contributed by atoms with Crippen LogP contribution < -0.4 is 0 Å². The molecule has 0 aromatic heterocycles. The minimum Gasteiger partial charge on any atom is -0.479 e. The van der Waals surface area contributed by atoms with E-state index in [9.17, 15) is 9.59 Å². The molecule has 0 aliphatic rings. The smallest absolute Gasteiger partial charge is 0.332 e. The van der Waals surface area contributed by atoms with Crippen LogP contribution in [0.2, 0.25) is 0 Å². The van der Waals surface area contributed by atoms with Gasteiger partial charge >= 0.3 is 11.9 Å². The zero-order valence-corrected chi connectivity index (χ0v) is 16.3. The van der Waals surface area contributed by atoms with Crippen molar-refractivity contribution in [2.24, 2.45) is 5.92 Å². The second-order valence-electron chi connectivity index (χ2n) is 6.34. The molecule has 0 bridgehead atoms. The molecule has 0 spiro atoms. The lowest BCUT2D eigenvalue weighted by atomic mass is 10.1. The summed E-state index contributed by atoms with van der Waals surface area (Å²) in [6.45, 7) is 12.2. The van der Waals surface area contributed by atoms with Gasteiger partial charge in [-0.1, -0.05) is 51.8 Å². The van der Waals surface area contributed by atoms with Gasteiger partial charge in [-0.25, -0.2) is 9.59 Å². The fourth-order valence-corrected chi connectivity index (χ4v) is 1.77. The highest BCUT2D eigenvalue weighted by Gasteiger charge is 2.11. The standard InChI is InChI=1S/2C10H18O3/c1-4-6-13-10(11)8-12-7-5-9(2)3;1-2-3-4-5-6-7-8-9(11)10(12)13/h4,9H,1,5-8H2,2-3H3;2,9,11H,1,3-8H2,(H,12,13). The molecular formula is C20H36O6. The molecule has 2 N–H and O–H groups in total. The topological polar surface area (TPSA) is 93.1 Å². The SMILES string of the molecule is C=CCCCCCCC(O)C(=O)O.C=CCOC(=O)COCCC(C)C. The maximum Gasteiger partial charge on any atom is 0.332 e. The number of ether oxygens (including phenoxy) is 2. The predicted molar refractivity (Wildman–Crippen MR) is 103 cm³/mol. The van der Waals surface area contributed by atoms with E-state index in [-0.39, 0.29) is 19.2 Å². The monoisotopic (exact) mass is 372 g/mol. The van der Waals surface area contributed by atoms with Crippen molar-refractivity contribution in [2.45, 2.75) is 64.9 Å². The van der Waals surface area contributed by atoms with Gasteiger partial charge in [-0.05, 0) is 31.6 Å². The molecule has 0 rings (SSSR count). The van der Waals surface area contributed by atoms with Crippen molar-refractivity contribution in [3.63, 3.8) is 0 Å². The summed E-state index contributed by atoms with van der Waals surface area (Å²) < 4.78 is 9.81. The highest BCUT2D eigenvalue weighted by Crippen LogP contribution is 2.07. The number of aliphatic carboxylic acids is 1. The number of carboxylic acid groups (broad SMARTS) is 1. The Morgan fingerprint density at radius 3 is 2.23 bits per heavy atom. The van der Waals surface area contributed by atoms with Gasteiger partial charge in [-0.2, -0.15) is 0 Å². The molecule has 26 heavy (non-hydrogen) atoms. The number of rotatable bonds is 15. The number of hydrogen-bond acceptors (Lipinski definition) is 5. The highest BCUT2D eigenvalue weighted by atomic mass is 16.6. The third-order valence-electron chi connectivity index (χ3n) is 3.34. The molecule has 0 fully saturated rings. The summed E-state index contributed by atoms with van der Waals surface area (Å²) in [6, 6.07) is 0. The molecule has 6 heteroatoms. The summed E-state index contributed by atoms with van der Waals surface area (Å²) in [6.07, 6.45) is 8.53. The summed E-state index contributed by atoms with van der Waals surface area (Å²) in [4.78, 5) is 21.1. The van der Waals surface area contributed by atoms with Crippen LogP contribution in [-0.4, -0.2) is 48.1 Å². The van der Waals surface area contributed by atoms with Crippen molar-refractivity contribution >= 4 is 11.9 Å². The van der Waals surface area contributed by atoms with E-state index in [0.717, 1.165) is 38.5 Å². The summed E-state index contributed by atoms with van der Waals surface area (Å²) in [5, 5.41) is 17.3. The minimum atomic E-state index is -1.18. The van der Waals surface area contributed by atoms with Crippen LogP contribution in [0.5, 0.6) is 0 Å². The Hall–Kier alpha value is -1.66. The molecule has 1 unspecified atom stereocenters. The van der Waals surface area contributed by atoms with E-state index in [4.69, 9.17) is 19.7 Å². The highest BCUT2D eigenvalue weighted by molar-refractivity contribution is 5.71. The summed E-state index contributed by atoms with van der Waals surface area (Å²) in [5.74, 6) is -0.848. The number of allylic oxidation sites excluding steroid dienone is 1. The summed E-state index contributed by atoms with van der Waals surface area (Å²) >= 11 is 0. The maximum atomic E-state index is 10.9. The van der Waals surface area contributed by atoms with Gasteiger partial charge in [0.25, 0.3) is 0 Å². The van der Waals surface area contributed by atoms with Gasteiger partial charge in [0.05, 0.1) is 0 Å². The molecule has 0 aliphatic carbocycles. The summed E-state index contributed by atoms with van der Waals surface area (Å²) in [7, 11) is 0. The number of aliphatic hydroxyl groups excluding tert-OH is 1. The number of unbranched alkanes of at least 4 members (excludes halogenated alkanes) is 4. The molecule has 0 heterocycles. The number of carboxylic acids is 1. The Bertz CT molecular complexity index is 378. The van der Waals surface area contributed by atoms with Crippen molar-refractivity contribution in [2.75, 3.05) is 19.8 Å². The molecule has 0 saturated carbocycles. The average Bonchev–Trinajstić information content (AvgIpc) is 2.60. The first kappa shape index (κ1) is 26.6. The number of carbonyl (C=O) groups excluding carboxylic acids is 1. The minimum absolute atomic E-state index is 0.0422. The van der Waals surface area contributed by atoms with Crippen LogP contribution in [-0.2, 0) is 19.1 Å². The lowest BCUT2D eigenvalue weighted by Crippen LogP contribution is -2.18. The predicted octanol–water partition coefficient (Wildman–Crippen LogP) is 3.74. The second kappa shape index (κ2) is 19.7. The van der Waals surface area contributed by atoms with E-state index in [2.05, 4.69) is 27.0 Å². The molecule has 0 aromatic carbocycles. The molecular weight excluding hydrogens is 336 g/mol. The molecule has 0 aromatic rings. The van der Waals surface area contributed by atoms with E-state index in [1.165, 1.54) is 6.08 Å². The first-order valence-electron chi connectivity index (χ1n) is 9.21. The van der Waals surface area contributed by atoms with Crippen molar-refractivity contribution in [3.05, 3.63) is 25.3 Å². The average molecular weight is 373 g/mol. The number of carbonyl (C=O) groups is 2. The van der Waals surface area contributed by atoms with E-state index in [1.54, 1.807) is 0 Å². The van der Waals surface area contributed by atoms with Crippen LogP contribution >= 0.6 is 0 Å². The van der Waals surface area contributed by atoms with Crippen molar-refractivity contribution in [1.82, 2.24) is 0 Å². The third-order valence-corrected chi connectivity index (χ3v) is 3.34. The fraction of sp³-hybridized carbons (Fsp3) is 0.700. The lowest BCUT2D eigenvalue weighted by molar-refractivity contribution is -0.148. The quantitative estimate of drug-likeness (QED) is 0.258. The largest absolute Gasteiger partial charge is 0.479 e. The van der Waals surface area contributed by atoms with Gasteiger partial charge in [0.1, 0.15) is 13.2 Å². The Morgan fingerprint density at radius 1 is 1.04 bits per heavy atom. The van der Waals surface area contributed by atoms with E-state index in [1.807, 2.05) is 6.08 Å². The Kier molecular flexibility index (Phi) is 20.1. The number of hydrogen-bond donors (Lipinski definition) is 2. The fourth-order valence-electron chi connectivity index (χ4n) is 1.77. The van der Waals surface area contributed by atoms with Gasteiger partial charge in [0.15, 0.2) is 6.10 Å². The van der Waals surface area contributed by atoms with Crippen LogP contribution in [0.4, 0.5) is 0 Å². The van der Waals surface area contributed by atoms with Gasteiger partial charge in [-0.15, -0.1) is 6.58 Å².